The summed E-state index contributed by atoms with van der Waals surface area (Å²) in [5.74, 6) is -0.310. The van der Waals surface area contributed by atoms with Crippen molar-refractivity contribution in [1.82, 2.24) is 4.90 Å². The standard InChI is InChI=1S/C14H23N3O2/c1-19-8-3-2-7-17(11-14(16)18)10-12-5-4-6-13(15)9-12/h4-6,9H,2-3,7-8,10-11,15H2,1H3,(H2,16,18). The summed E-state index contributed by atoms with van der Waals surface area (Å²) in [6.07, 6.45) is 1.95. The summed E-state index contributed by atoms with van der Waals surface area (Å²) in [6, 6.07) is 7.68. The fourth-order valence-corrected chi connectivity index (χ4v) is 1.97. The highest BCUT2D eigenvalue weighted by Crippen LogP contribution is 2.10. The molecule has 0 aromatic heterocycles. The van der Waals surface area contributed by atoms with Crippen molar-refractivity contribution in [3.8, 4) is 0 Å². The number of nitrogens with two attached hydrogens (primary N) is 2. The molecule has 1 rings (SSSR count). The highest BCUT2D eigenvalue weighted by atomic mass is 16.5. The third-order valence-corrected chi connectivity index (χ3v) is 2.81. The van der Waals surface area contributed by atoms with Gasteiger partial charge in [-0.05, 0) is 37.1 Å². The van der Waals surface area contributed by atoms with Gasteiger partial charge < -0.3 is 16.2 Å². The summed E-state index contributed by atoms with van der Waals surface area (Å²) in [4.78, 5) is 13.1. The highest BCUT2D eigenvalue weighted by molar-refractivity contribution is 5.75. The van der Waals surface area contributed by atoms with E-state index in [9.17, 15) is 4.79 Å². The molecule has 0 saturated carbocycles. The Morgan fingerprint density at radius 1 is 1.37 bits per heavy atom. The highest BCUT2D eigenvalue weighted by Gasteiger charge is 2.09. The van der Waals surface area contributed by atoms with Crippen LogP contribution in [0.5, 0.6) is 0 Å². The van der Waals surface area contributed by atoms with Gasteiger partial charge in [0, 0.05) is 25.9 Å². The first kappa shape index (κ1) is 15.5. The number of hydrogen-bond donors (Lipinski definition) is 2. The van der Waals surface area contributed by atoms with Gasteiger partial charge in [-0.2, -0.15) is 0 Å². The van der Waals surface area contributed by atoms with E-state index in [-0.39, 0.29) is 12.5 Å². The Balaban J connectivity index is 2.51. The Labute approximate surface area is 114 Å². The number of methoxy groups -OCH3 is 1. The van der Waals surface area contributed by atoms with E-state index < -0.39 is 0 Å². The zero-order chi connectivity index (χ0) is 14.1. The van der Waals surface area contributed by atoms with Crippen LogP contribution in [0.25, 0.3) is 0 Å². The van der Waals surface area contributed by atoms with Crippen molar-refractivity contribution < 1.29 is 9.53 Å². The van der Waals surface area contributed by atoms with Gasteiger partial charge in [0.25, 0.3) is 0 Å². The predicted molar refractivity (Wildman–Crippen MR) is 76.4 cm³/mol. The van der Waals surface area contributed by atoms with Gasteiger partial charge >= 0.3 is 0 Å². The van der Waals surface area contributed by atoms with Crippen LogP contribution in [0.4, 0.5) is 5.69 Å². The van der Waals surface area contributed by atoms with Gasteiger partial charge in [0.1, 0.15) is 0 Å². The van der Waals surface area contributed by atoms with Gasteiger partial charge in [0.05, 0.1) is 6.54 Å². The minimum Gasteiger partial charge on any atom is -0.399 e. The summed E-state index contributed by atoms with van der Waals surface area (Å²) >= 11 is 0. The van der Waals surface area contributed by atoms with E-state index in [4.69, 9.17) is 16.2 Å². The Kier molecular flexibility index (Phi) is 6.92. The number of nitrogen functional groups attached to an aromatic ring is 1. The summed E-state index contributed by atoms with van der Waals surface area (Å²) in [7, 11) is 1.69. The lowest BCUT2D eigenvalue weighted by molar-refractivity contribution is -0.119. The normalized spacial score (nSPS) is 10.8. The molecule has 1 aromatic carbocycles. The number of rotatable bonds is 9. The van der Waals surface area contributed by atoms with E-state index in [1.54, 1.807) is 7.11 Å². The first-order valence-corrected chi connectivity index (χ1v) is 6.46. The van der Waals surface area contributed by atoms with Crippen LogP contribution in [-0.4, -0.2) is 37.6 Å². The topological polar surface area (TPSA) is 81.6 Å². The predicted octanol–water partition coefficient (Wildman–Crippen LogP) is 0.983. The van der Waals surface area contributed by atoms with Crippen molar-refractivity contribution in [2.75, 3.05) is 32.5 Å². The van der Waals surface area contributed by atoms with E-state index in [0.717, 1.165) is 37.2 Å². The number of amides is 1. The summed E-state index contributed by atoms with van der Waals surface area (Å²) in [5, 5.41) is 0. The molecule has 1 amide bonds. The van der Waals surface area contributed by atoms with Crippen molar-refractivity contribution in [3.05, 3.63) is 29.8 Å². The van der Waals surface area contributed by atoms with Crippen molar-refractivity contribution in [3.63, 3.8) is 0 Å². The minimum atomic E-state index is -0.310. The van der Waals surface area contributed by atoms with Gasteiger partial charge in [-0.3, -0.25) is 9.69 Å². The maximum absolute atomic E-state index is 11.1. The first-order valence-electron chi connectivity index (χ1n) is 6.46. The average Bonchev–Trinajstić information content (AvgIpc) is 2.34. The Bertz CT molecular complexity index is 396. The van der Waals surface area contributed by atoms with Crippen molar-refractivity contribution in [2.45, 2.75) is 19.4 Å². The van der Waals surface area contributed by atoms with E-state index in [1.807, 2.05) is 29.2 Å². The molecule has 0 aliphatic rings. The number of ether oxygens (including phenoxy) is 1. The molecule has 0 aliphatic carbocycles. The van der Waals surface area contributed by atoms with Crippen LogP contribution < -0.4 is 11.5 Å². The maximum Gasteiger partial charge on any atom is 0.231 e. The number of unbranched alkanes of at least 4 members (excludes halogenated alkanes) is 1. The minimum absolute atomic E-state index is 0.266. The number of benzene rings is 1. The average molecular weight is 265 g/mol. The molecule has 0 heterocycles. The van der Waals surface area contributed by atoms with Crippen LogP contribution in [0.15, 0.2) is 24.3 Å². The number of nitrogens with zero attached hydrogens (tertiary/aromatic N) is 1. The summed E-state index contributed by atoms with van der Waals surface area (Å²) in [6.45, 7) is 2.51. The second-order valence-corrected chi connectivity index (χ2v) is 4.62. The number of hydrogen-bond acceptors (Lipinski definition) is 4. The summed E-state index contributed by atoms with van der Waals surface area (Å²) < 4.78 is 5.01. The van der Waals surface area contributed by atoms with E-state index in [2.05, 4.69) is 0 Å². The van der Waals surface area contributed by atoms with Crippen LogP contribution >= 0.6 is 0 Å². The van der Waals surface area contributed by atoms with Gasteiger partial charge in [0.15, 0.2) is 0 Å². The SMILES string of the molecule is COCCCCN(CC(N)=O)Cc1cccc(N)c1. The van der Waals surface area contributed by atoms with Gasteiger partial charge in [0.2, 0.25) is 5.91 Å². The molecule has 1 aromatic rings. The third-order valence-electron chi connectivity index (χ3n) is 2.81. The smallest absolute Gasteiger partial charge is 0.231 e. The molecular weight excluding hydrogens is 242 g/mol. The summed E-state index contributed by atoms with van der Waals surface area (Å²) in [5.41, 5.74) is 12.8. The molecule has 4 N–H and O–H groups in total. The molecule has 0 radical (unpaired) electrons. The zero-order valence-electron chi connectivity index (χ0n) is 11.5. The van der Waals surface area contributed by atoms with Crippen molar-refractivity contribution in [1.29, 1.82) is 0 Å². The first-order chi connectivity index (χ1) is 9.11. The quantitative estimate of drug-likeness (QED) is 0.515. The molecule has 0 fully saturated rings. The molecular formula is C14H23N3O2. The molecule has 0 atom stereocenters. The van der Waals surface area contributed by atoms with Gasteiger partial charge in [-0.15, -0.1) is 0 Å². The largest absolute Gasteiger partial charge is 0.399 e. The van der Waals surface area contributed by atoms with Crippen molar-refractivity contribution in [2.24, 2.45) is 5.73 Å². The zero-order valence-corrected chi connectivity index (χ0v) is 11.5. The Morgan fingerprint density at radius 3 is 2.79 bits per heavy atom. The molecule has 5 heteroatoms. The number of primary amides is 1. The van der Waals surface area contributed by atoms with Gasteiger partial charge in [-0.1, -0.05) is 12.1 Å². The lowest BCUT2D eigenvalue weighted by atomic mass is 10.2. The van der Waals surface area contributed by atoms with E-state index in [1.165, 1.54) is 0 Å². The number of carbonyl (C=O) groups is 1. The fraction of sp³-hybridized carbons (Fsp3) is 0.500. The van der Waals surface area contributed by atoms with Crippen LogP contribution in [0.2, 0.25) is 0 Å². The lowest BCUT2D eigenvalue weighted by Gasteiger charge is -2.20. The number of anilines is 1. The maximum atomic E-state index is 11.1. The Hall–Kier alpha value is -1.59. The van der Waals surface area contributed by atoms with Crippen LogP contribution in [0.1, 0.15) is 18.4 Å². The second kappa shape index (κ2) is 8.50. The molecule has 5 nitrogen and oxygen atoms in total. The lowest BCUT2D eigenvalue weighted by Crippen LogP contribution is -2.34. The molecule has 106 valence electrons. The van der Waals surface area contributed by atoms with Crippen LogP contribution in [0.3, 0.4) is 0 Å². The molecule has 0 unspecified atom stereocenters. The van der Waals surface area contributed by atoms with Crippen LogP contribution in [0, 0.1) is 0 Å². The molecule has 0 saturated heterocycles. The van der Waals surface area contributed by atoms with E-state index in [0.29, 0.717) is 6.54 Å². The fourth-order valence-electron chi connectivity index (χ4n) is 1.97. The van der Waals surface area contributed by atoms with E-state index >= 15 is 0 Å². The molecule has 0 aliphatic heterocycles. The molecule has 0 bridgehead atoms. The Morgan fingerprint density at radius 2 is 2.16 bits per heavy atom. The monoisotopic (exact) mass is 265 g/mol. The van der Waals surface area contributed by atoms with Crippen LogP contribution in [-0.2, 0) is 16.1 Å². The second-order valence-electron chi connectivity index (χ2n) is 4.62. The third kappa shape index (κ3) is 6.79. The number of carbonyl (C=O) groups excluding carboxylic acids is 1. The molecule has 0 spiro atoms. The van der Waals surface area contributed by atoms with Gasteiger partial charge in [-0.25, -0.2) is 0 Å². The molecule has 19 heavy (non-hydrogen) atoms. The van der Waals surface area contributed by atoms with Crippen molar-refractivity contribution >= 4 is 11.6 Å².